The van der Waals surface area contributed by atoms with E-state index in [2.05, 4.69) is 34.5 Å². The lowest BCUT2D eigenvalue weighted by molar-refractivity contribution is -0.124. The molecule has 2 atom stereocenters. The number of fused-ring (bicyclic) bond motifs is 1. The van der Waals surface area contributed by atoms with Gasteiger partial charge >= 0.3 is 0 Å². The molecule has 2 aliphatic rings. The molecule has 0 unspecified atom stereocenters. The normalized spacial score (nSPS) is 28.8. The van der Waals surface area contributed by atoms with Gasteiger partial charge in [0.1, 0.15) is 0 Å². The summed E-state index contributed by atoms with van der Waals surface area (Å²) in [6.07, 6.45) is 2.20. The summed E-state index contributed by atoms with van der Waals surface area (Å²) in [6.45, 7) is 2.92. The first-order valence-electron chi connectivity index (χ1n) is 6.40. The standard InChI is InChI=1S/C14H18N2O/c17-14-12-7-4-8-16(13(12)9-15-14)10-11-5-2-1-3-6-11/h1-3,5-6,12-13H,4,7-10H2,(H,15,17)/t12-,13+/m0/s1. The largest absolute Gasteiger partial charge is 0.354 e. The van der Waals surface area contributed by atoms with Crippen LogP contribution in [0.4, 0.5) is 0 Å². The second kappa shape index (κ2) is 4.49. The van der Waals surface area contributed by atoms with E-state index in [0.717, 1.165) is 32.5 Å². The Bertz CT molecular complexity index is 404. The van der Waals surface area contributed by atoms with Gasteiger partial charge < -0.3 is 5.32 Å². The number of piperidine rings is 1. The van der Waals surface area contributed by atoms with Crippen LogP contribution in [0.2, 0.25) is 0 Å². The smallest absolute Gasteiger partial charge is 0.224 e. The molecule has 2 aliphatic heterocycles. The van der Waals surface area contributed by atoms with Crippen LogP contribution in [0.3, 0.4) is 0 Å². The van der Waals surface area contributed by atoms with Gasteiger partial charge in [-0.05, 0) is 24.9 Å². The molecular formula is C14H18N2O. The minimum Gasteiger partial charge on any atom is -0.354 e. The highest BCUT2D eigenvalue weighted by Crippen LogP contribution is 2.28. The lowest BCUT2D eigenvalue weighted by Gasteiger charge is -2.35. The molecular weight excluding hydrogens is 212 g/mol. The third-order valence-electron chi connectivity index (χ3n) is 3.94. The van der Waals surface area contributed by atoms with Crippen LogP contribution >= 0.6 is 0 Å². The quantitative estimate of drug-likeness (QED) is 0.833. The molecule has 0 spiro atoms. The summed E-state index contributed by atoms with van der Waals surface area (Å²) in [4.78, 5) is 14.1. The number of rotatable bonds is 2. The van der Waals surface area contributed by atoms with Crippen molar-refractivity contribution >= 4 is 5.91 Å². The fourth-order valence-electron chi connectivity index (χ4n) is 3.05. The molecule has 2 fully saturated rings. The van der Waals surface area contributed by atoms with Crippen LogP contribution in [0.5, 0.6) is 0 Å². The first-order valence-corrected chi connectivity index (χ1v) is 6.40. The van der Waals surface area contributed by atoms with Crippen LogP contribution < -0.4 is 5.32 Å². The number of hydrogen-bond acceptors (Lipinski definition) is 2. The fourth-order valence-corrected chi connectivity index (χ4v) is 3.05. The third kappa shape index (κ3) is 2.07. The number of amides is 1. The molecule has 1 aromatic carbocycles. The van der Waals surface area contributed by atoms with E-state index < -0.39 is 0 Å². The van der Waals surface area contributed by atoms with Crippen LogP contribution in [0.25, 0.3) is 0 Å². The van der Waals surface area contributed by atoms with E-state index >= 15 is 0 Å². The Kier molecular flexibility index (Phi) is 2.85. The summed E-state index contributed by atoms with van der Waals surface area (Å²) in [5.41, 5.74) is 1.34. The van der Waals surface area contributed by atoms with Gasteiger partial charge in [0.05, 0.1) is 5.92 Å². The van der Waals surface area contributed by atoms with Crippen molar-refractivity contribution < 1.29 is 4.79 Å². The topological polar surface area (TPSA) is 32.3 Å². The van der Waals surface area contributed by atoms with E-state index in [9.17, 15) is 4.79 Å². The average Bonchev–Trinajstić information content (AvgIpc) is 2.74. The van der Waals surface area contributed by atoms with E-state index in [1.165, 1.54) is 5.56 Å². The predicted octanol–water partition coefficient (Wildman–Crippen LogP) is 1.40. The molecule has 1 N–H and O–H groups in total. The zero-order valence-corrected chi connectivity index (χ0v) is 9.93. The predicted molar refractivity (Wildman–Crippen MR) is 66.4 cm³/mol. The monoisotopic (exact) mass is 230 g/mol. The van der Waals surface area contributed by atoms with Crippen molar-refractivity contribution in [2.24, 2.45) is 5.92 Å². The molecule has 2 saturated heterocycles. The number of benzene rings is 1. The van der Waals surface area contributed by atoms with Gasteiger partial charge in [-0.25, -0.2) is 0 Å². The molecule has 90 valence electrons. The second-order valence-corrected chi connectivity index (χ2v) is 5.02. The SMILES string of the molecule is O=C1NC[C@@H]2[C@@H]1CCCN2Cc1ccccc1. The minimum atomic E-state index is 0.229. The number of hydrogen-bond donors (Lipinski definition) is 1. The average molecular weight is 230 g/mol. The highest BCUT2D eigenvalue weighted by atomic mass is 16.2. The first-order chi connectivity index (χ1) is 8.34. The molecule has 2 heterocycles. The molecule has 0 bridgehead atoms. The fraction of sp³-hybridized carbons (Fsp3) is 0.500. The summed E-state index contributed by atoms with van der Waals surface area (Å²) in [7, 11) is 0. The van der Waals surface area contributed by atoms with Gasteiger partial charge in [0.15, 0.2) is 0 Å². The third-order valence-corrected chi connectivity index (χ3v) is 3.94. The maximum absolute atomic E-state index is 11.7. The Morgan fingerprint density at radius 3 is 2.94 bits per heavy atom. The molecule has 17 heavy (non-hydrogen) atoms. The van der Waals surface area contributed by atoms with Crippen molar-refractivity contribution in [2.45, 2.75) is 25.4 Å². The van der Waals surface area contributed by atoms with Gasteiger partial charge in [0, 0.05) is 19.1 Å². The maximum Gasteiger partial charge on any atom is 0.224 e. The highest BCUT2D eigenvalue weighted by Gasteiger charge is 2.40. The Morgan fingerprint density at radius 1 is 1.29 bits per heavy atom. The van der Waals surface area contributed by atoms with E-state index in [1.807, 2.05) is 6.07 Å². The Balaban J connectivity index is 1.73. The van der Waals surface area contributed by atoms with Crippen LogP contribution in [-0.2, 0) is 11.3 Å². The molecule has 1 aromatic rings. The molecule has 3 rings (SSSR count). The summed E-state index contributed by atoms with van der Waals surface area (Å²) >= 11 is 0. The number of nitrogens with one attached hydrogen (secondary N) is 1. The van der Waals surface area contributed by atoms with Crippen LogP contribution in [0, 0.1) is 5.92 Å². The lowest BCUT2D eigenvalue weighted by Crippen LogP contribution is -2.44. The van der Waals surface area contributed by atoms with Crippen LogP contribution in [-0.4, -0.2) is 29.9 Å². The first kappa shape index (κ1) is 10.8. The second-order valence-electron chi connectivity index (χ2n) is 5.02. The van der Waals surface area contributed by atoms with E-state index in [-0.39, 0.29) is 11.8 Å². The van der Waals surface area contributed by atoms with Crippen LogP contribution in [0.1, 0.15) is 18.4 Å². The van der Waals surface area contributed by atoms with Gasteiger partial charge in [0.2, 0.25) is 5.91 Å². The van der Waals surface area contributed by atoms with Crippen molar-refractivity contribution in [3.8, 4) is 0 Å². The van der Waals surface area contributed by atoms with Crippen molar-refractivity contribution in [3.63, 3.8) is 0 Å². The van der Waals surface area contributed by atoms with E-state index in [4.69, 9.17) is 0 Å². The summed E-state index contributed by atoms with van der Waals surface area (Å²) in [6, 6.07) is 10.9. The minimum absolute atomic E-state index is 0.229. The van der Waals surface area contributed by atoms with Crippen molar-refractivity contribution in [1.82, 2.24) is 10.2 Å². The molecule has 0 aromatic heterocycles. The van der Waals surface area contributed by atoms with Crippen molar-refractivity contribution in [1.29, 1.82) is 0 Å². The summed E-state index contributed by atoms with van der Waals surface area (Å²) in [5.74, 6) is 0.486. The molecule has 1 amide bonds. The van der Waals surface area contributed by atoms with Gasteiger partial charge in [-0.15, -0.1) is 0 Å². The molecule has 3 heteroatoms. The molecule has 3 nitrogen and oxygen atoms in total. The molecule has 0 aliphatic carbocycles. The molecule has 0 saturated carbocycles. The van der Waals surface area contributed by atoms with E-state index in [1.54, 1.807) is 0 Å². The summed E-state index contributed by atoms with van der Waals surface area (Å²) in [5, 5.41) is 3.00. The van der Waals surface area contributed by atoms with Crippen molar-refractivity contribution in [2.75, 3.05) is 13.1 Å². The zero-order valence-electron chi connectivity index (χ0n) is 9.93. The van der Waals surface area contributed by atoms with Crippen molar-refractivity contribution in [3.05, 3.63) is 35.9 Å². The Hall–Kier alpha value is -1.35. The number of nitrogens with zero attached hydrogens (tertiary/aromatic N) is 1. The van der Waals surface area contributed by atoms with Gasteiger partial charge in [-0.3, -0.25) is 9.69 Å². The molecule has 0 radical (unpaired) electrons. The summed E-state index contributed by atoms with van der Waals surface area (Å²) < 4.78 is 0. The zero-order chi connectivity index (χ0) is 11.7. The maximum atomic E-state index is 11.7. The Labute approximate surface area is 102 Å². The number of carbonyl (C=O) groups excluding carboxylic acids is 1. The highest BCUT2D eigenvalue weighted by molar-refractivity contribution is 5.82. The van der Waals surface area contributed by atoms with Gasteiger partial charge in [0.25, 0.3) is 0 Å². The van der Waals surface area contributed by atoms with Crippen LogP contribution in [0.15, 0.2) is 30.3 Å². The van der Waals surface area contributed by atoms with E-state index in [0.29, 0.717) is 6.04 Å². The number of likely N-dealkylation sites (tertiary alicyclic amines) is 1. The Morgan fingerprint density at radius 2 is 2.12 bits per heavy atom. The lowest BCUT2D eigenvalue weighted by atomic mass is 9.91. The van der Waals surface area contributed by atoms with Gasteiger partial charge in [-0.1, -0.05) is 30.3 Å². The number of carbonyl (C=O) groups is 1. The van der Waals surface area contributed by atoms with Gasteiger partial charge in [-0.2, -0.15) is 0 Å².